The lowest BCUT2D eigenvalue weighted by molar-refractivity contribution is 1.25. The standard InChI is InChI=1S/C70H49N3S/c1-7-22-50(23-8-1)54-45-61(71(55-27-11-3-12-28-55)56-29-13-4-14-30-56)48-62(46-54)72(57-31-15-5-16-32-57)60-39-40-66-67-47-53(38-43-69(67)74-70(66)49-60)52-26-21-35-59(44-52)73(58-33-17-6-18-34-58)68-42-41-63(51-24-9-2-10-25-51)64-36-19-20-37-65(64)68/h1-49H. The number of rotatable bonds is 12. The molecule has 12 aromatic carbocycles. The molecule has 1 aromatic heterocycles. The third kappa shape index (κ3) is 8.53. The first kappa shape index (κ1) is 44.5. The van der Waals surface area contributed by atoms with Crippen molar-refractivity contribution in [2.24, 2.45) is 0 Å². The molecule has 74 heavy (non-hydrogen) atoms. The summed E-state index contributed by atoms with van der Waals surface area (Å²) < 4.78 is 2.49. The number of thiophene rings is 1. The predicted molar refractivity (Wildman–Crippen MR) is 317 cm³/mol. The molecular formula is C70H49N3S. The number of nitrogens with zero attached hydrogens (tertiary/aromatic N) is 3. The Kier molecular flexibility index (Phi) is 11.8. The van der Waals surface area contributed by atoms with E-state index in [2.05, 4.69) is 312 Å². The van der Waals surface area contributed by atoms with Gasteiger partial charge in [0.2, 0.25) is 0 Å². The SMILES string of the molecule is c1ccc(-c2cc(N(c3ccccc3)c3ccccc3)cc(N(c3ccccc3)c3ccc4c(c3)sc3ccc(-c5cccc(N(c6ccccc6)c6ccc(-c7ccccc7)c7ccccc67)c5)cc34)c2)cc1. The summed E-state index contributed by atoms with van der Waals surface area (Å²) in [5, 5.41) is 4.92. The monoisotopic (exact) mass is 963 g/mol. The van der Waals surface area contributed by atoms with Crippen molar-refractivity contribution in [1.29, 1.82) is 0 Å². The second-order valence-electron chi connectivity index (χ2n) is 18.5. The summed E-state index contributed by atoms with van der Waals surface area (Å²) >= 11 is 1.85. The van der Waals surface area contributed by atoms with Gasteiger partial charge in [0.25, 0.3) is 0 Å². The third-order valence-corrected chi connectivity index (χ3v) is 15.1. The lowest BCUT2D eigenvalue weighted by atomic mass is 9.96. The van der Waals surface area contributed by atoms with E-state index >= 15 is 0 Å². The maximum absolute atomic E-state index is 2.40. The molecule has 0 radical (unpaired) electrons. The van der Waals surface area contributed by atoms with Gasteiger partial charge in [-0.3, -0.25) is 0 Å². The van der Waals surface area contributed by atoms with Crippen LogP contribution >= 0.6 is 11.3 Å². The van der Waals surface area contributed by atoms with Gasteiger partial charge in [0.15, 0.2) is 0 Å². The highest BCUT2D eigenvalue weighted by molar-refractivity contribution is 7.25. The molecule has 13 rings (SSSR count). The Morgan fingerprint density at radius 3 is 1.27 bits per heavy atom. The molecule has 350 valence electrons. The van der Waals surface area contributed by atoms with Crippen LogP contribution in [0.1, 0.15) is 0 Å². The van der Waals surface area contributed by atoms with Crippen LogP contribution < -0.4 is 14.7 Å². The minimum Gasteiger partial charge on any atom is -0.310 e. The zero-order chi connectivity index (χ0) is 49.2. The minimum absolute atomic E-state index is 1.07. The molecule has 0 amide bonds. The minimum atomic E-state index is 1.07. The van der Waals surface area contributed by atoms with Gasteiger partial charge in [0.05, 0.1) is 5.69 Å². The number of benzene rings is 12. The Bertz CT molecular complexity index is 4030. The molecule has 0 aliphatic carbocycles. The van der Waals surface area contributed by atoms with Crippen LogP contribution in [0.3, 0.4) is 0 Å². The number of para-hydroxylation sites is 4. The molecule has 0 aliphatic rings. The summed E-state index contributed by atoms with van der Waals surface area (Å²) in [7, 11) is 0. The van der Waals surface area contributed by atoms with Crippen molar-refractivity contribution in [2.45, 2.75) is 0 Å². The maximum Gasteiger partial charge on any atom is 0.0540 e. The van der Waals surface area contributed by atoms with Gasteiger partial charge >= 0.3 is 0 Å². The fraction of sp³-hybridized carbons (Fsp3) is 0. The highest BCUT2D eigenvalue weighted by Gasteiger charge is 2.22. The molecule has 0 unspecified atom stereocenters. The van der Waals surface area contributed by atoms with Crippen LogP contribution in [0.4, 0.5) is 51.2 Å². The smallest absolute Gasteiger partial charge is 0.0540 e. The Morgan fingerprint density at radius 1 is 0.203 bits per heavy atom. The first-order valence-electron chi connectivity index (χ1n) is 25.2. The molecule has 0 saturated heterocycles. The van der Waals surface area contributed by atoms with Gasteiger partial charge in [0.1, 0.15) is 0 Å². The van der Waals surface area contributed by atoms with Gasteiger partial charge < -0.3 is 14.7 Å². The molecule has 0 atom stereocenters. The topological polar surface area (TPSA) is 9.72 Å². The van der Waals surface area contributed by atoms with Crippen molar-refractivity contribution in [1.82, 2.24) is 0 Å². The first-order valence-corrected chi connectivity index (χ1v) is 26.0. The summed E-state index contributed by atoms with van der Waals surface area (Å²) in [5.74, 6) is 0. The molecule has 0 N–H and O–H groups in total. The Hall–Kier alpha value is -9.48. The average Bonchev–Trinajstić information content (AvgIpc) is 3.84. The van der Waals surface area contributed by atoms with Crippen LogP contribution in [0.2, 0.25) is 0 Å². The summed E-state index contributed by atoms with van der Waals surface area (Å²) in [5.41, 5.74) is 16.9. The zero-order valence-electron chi connectivity index (χ0n) is 40.5. The number of anilines is 9. The van der Waals surface area contributed by atoms with E-state index in [1.807, 2.05) is 11.3 Å². The van der Waals surface area contributed by atoms with Gasteiger partial charge in [-0.25, -0.2) is 0 Å². The predicted octanol–water partition coefficient (Wildman–Crippen LogP) is 20.6. The fourth-order valence-corrected chi connectivity index (χ4v) is 11.7. The van der Waals surface area contributed by atoms with Crippen LogP contribution in [-0.4, -0.2) is 0 Å². The zero-order valence-corrected chi connectivity index (χ0v) is 41.4. The largest absolute Gasteiger partial charge is 0.310 e. The molecule has 0 bridgehead atoms. The van der Waals surface area contributed by atoms with E-state index in [1.165, 1.54) is 47.6 Å². The molecule has 0 aliphatic heterocycles. The summed E-state index contributed by atoms with van der Waals surface area (Å²) in [4.78, 5) is 7.16. The summed E-state index contributed by atoms with van der Waals surface area (Å²) in [6, 6.07) is 108. The highest BCUT2D eigenvalue weighted by atomic mass is 32.1. The first-order chi connectivity index (χ1) is 36.7. The molecule has 13 aromatic rings. The Labute approximate surface area is 436 Å². The second kappa shape index (κ2) is 19.6. The van der Waals surface area contributed by atoms with Crippen LogP contribution in [-0.2, 0) is 0 Å². The number of hydrogen-bond donors (Lipinski definition) is 0. The van der Waals surface area contributed by atoms with Crippen molar-refractivity contribution >= 4 is 93.5 Å². The van der Waals surface area contributed by atoms with E-state index in [9.17, 15) is 0 Å². The van der Waals surface area contributed by atoms with Gasteiger partial charge in [0, 0.05) is 71.1 Å². The van der Waals surface area contributed by atoms with Crippen molar-refractivity contribution in [2.75, 3.05) is 14.7 Å². The van der Waals surface area contributed by atoms with Crippen LogP contribution in [0.5, 0.6) is 0 Å². The molecule has 3 nitrogen and oxygen atoms in total. The Morgan fingerprint density at radius 2 is 0.662 bits per heavy atom. The lowest BCUT2D eigenvalue weighted by Crippen LogP contribution is -2.13. The summed E-state index contributed by atoms with van der Waals surface area (Å²) in [6.07, 6.45) is 0. The van der Waals surface area contributed by atoms with E-state index in [0.717, 1.165) is 67.9 Å². The van der Waals surface area contributed by atoms with Gasteiger partial charge in [-0.1, -0.05) is 188 Å². The van der Waals surface area contributed by atoms with E-state index in [1.54, 1.807) is 0 Å². The van der Waals surface area contributed by atoms with E-state index in [-0.39, 0.29) is 0 Å². The molecule has 0 spiro atoms. The van der Waals surface area contributed by atoms with Crippen molar-refractivity contribution < 1.29 is 0 Å². The average molecular weight is 964 g/mol. The van der Waals surface area contributed by atoms with Gasteiger partial charge in [-0.2, -0.15) is 0 Å². The van der Waals surface area contributed by atoms with Crippen LogP contribution in [0.15, 0.2) is 297 Å². The van der Waals surface area contributed by atoms with Crippen molar-refractivity contribution in [3.8, 4) is 33.4 Å². The van der Waals surface area contributed by atoms with E-state index in [0.29, 0.717) is 0 Å². The third-order valence-electron chi connectivity index (χ3n) is 14.0. The normalized spacial score (nSPS) is 11.2. The molecule has 4 heteroatoms. The van der Waals surface area contributed by atoms with Crippen LogP contribution in [0.25, 0.3) is 64.3 Å². The van der Waals surface area contributed by atoms with Crippen molar-refractivity contribution in [3.05, 3.63) is 297 Å². The molecule has 0 saturated carbocycles. The molecule has 0 fully saturated rings. The second-order valence-corrected chi connectivity index (χ2v) is 19.6. The number of hydrogen-bond acceptors (Lipinski definition) is 4. The fourth-order valence-electron chi connectivity index (χ4n) is 10.5. The van der Waals surface area contributed by atoms with E-state index in [4.69, 9.17) is 0 Å². The summed E-state index contributed by atoms with van der Waals surface area (Å²) in [6.45, 7) is 0. The van der Waals surface area contributed by atoms with Gasteiger partial charge in [-0.05, 0) is 148 Å². The maximum atomic E-state index is 2.40. The lowest BCUT2D eigenvalue weighted by Gasteiger charge is -2.30. The number of fused-ring (bicyclic) bond motifs is 4. The molecule has 1 heterocycles. The highest BCUT2D eigenvalue weighted by Crippen LogP contribution is 2.47. The van der Waals surface area contributed by atoms with Crippen molar-refractivity contribution in [3.63, 3.8) is 0 Å². The van der Waals surface area contributed by atoms with Crippen LogP contribution in [0, 0.1) is 0 Å². The molecular weight excluding hydrogens is 915 g/mol. The van der Waals surface area contributed by atoms with Gasteiger partial charge in [-0.15, -0.1) is 11.3 Å². The Balaban J connectivity index is 0.911. The quantitative estimate of drug-likeness (QED) is 0.121. The van der Waals surface area contributed by atoms with E-state index < -0.39 is 0 Å².